The molecule has 20 heavy (non-hydrogen) atoms. The highest BCUT2D eigenvalue weighted by molar-refractivity contribution is 6.29. The van der Waals surface area contributed by atoms with Gasteiger partial charge in [-0.05, 0) is 25.1 Å². The molecule has 1 aromatic heterocycles. The SMILES string of the molecule is CCOc1cccc(CNc2cccc(Cl)n2)c1OC. The van der Waals surface area contributed by atoms with Gasteiger partial charge in [0.15, 0.2) is 11.5 Å². The number of nitrogens with zero attached hydrogens (tertiary/aromatic N) is 1. The Morgan fingerprint density at radius 2 is 2.00 bits per heavy atom. The fourth-order valence-corrected chi connectivity index (χ4v) is 2.06. The van der Waals surface area contributed by atoms with Gasteiger partial charge in [-0.3, -0.25) is 0 Å². The lowest BCUT2D eigenvalue weighted by atomic mass is 10.2. The van der Waals surface area contributed by atoms with Gasteiger partial charge in [0, 0.05) is 12.1 Å². The molecular formula is C15H17ClN2O2. The zero-order valence-electron chi connectivity index (χ0n) is 11.5. The molecule has 0 bridgehead atoms. The van der Waals surface area contributed by atoms with E-state index in [-0.39, 0.29) is 0 Å². The molecule has 5 heteroatoms. The summed E-state index contributed by atoms with van der Waals surface area (Å²) in [5.41, 5.74) is 1.00. The molecule has 0 aliphatic carbocycles. The summed E-state index contributed by atoms with van der Waals surface area (Å²) >= 11 is 5.86. The third kappa shape index (κ3) is 3.54. The quantitative estimate of drug-likeness (QED) is 0.824. The average molecular weight is 293 g/mol. The van der Waals surface area contributed by atoms with Crippen LogP contribution < -0.4 is 14.8 Å². The number of nitrogens with one attached hydrogen (secondary N) is 1. The molecule has 0 saturated heterocycles. The normalized spacial score (nSPS) is 10.2. The summed E-state index contributed by atoms with van der Waals surface area (Å²) in [6.45, 7) is 3.13. The smallest absolute Gasteiger partial charge is 0.165 e. The van der Waals surface area contributed by atoms with Gasteiger partial charge in [-0.1, -0.05) is 29.8 Å². The van der Waals surface area contributed by atoms with E-state index in [0.29, 0.717) is 18.3 Å². The molecule has 0 amide bonds. The number of hydrogen-bond acceptors (Lipinski definition) is 4. The molecule has 4 nitrogen and oxygen atoms in total. The van der Waals surface area contributed by atoms with Crippen molar-refractivity contribution in [1.29, 1.82) is 0 Å². The van der Waals surface area contributed by atoms with E-state index in [1.165, 1.54) is 0 Å². The van der Waals surface area contributed by atoms with Crippen molar-refractivity contribution in [2.75, 3.05) is 19.0 Å². The van der Waals surface area contributed by atoms with Crippen molar-refractivity contribution in [3.8, 4) is 11.5 Å². The Kier molecular flexibility index (Phi) is 5.07. The topological polar surface area (TPSA) is 43.4 Å². The van der Waals surface area contributed by atoms with Crippen LogP contribution in [0.15, 0.2) is 36.4 Å². The second-order valence-corrected chi connectivity index (χ2v) is 4.47. The van der Waals surface area contributed by atoms with E-state index < -0.39 is 0 Å². The van der Waals surface area contributed by atoms with E-state index in [1.54, 1.807) is 13.2 Å². The van der Waals surface area contributed by atoms with Gasteiger partial charge in [-0.25, -0.2) is 4.98 Å². The fourth-order valence-electron chi connectivity index (χ4n) is 1.89. The highest BCUT2D eigenvalue weighted by Gasteiger charge is 2.09. The van der Waals surface area contributed by atoms with E-state index in [1.807, 2.05) is 37.3 Å². The lowest BCUT2D eigenvalue weighted by Gasteiger charge is -2.14. The molecule has 2 rings (SSSR count). The van der Waals surface area contributed by atoms with Crippen molar-refractivity contribution < 1.29 is 9.47 Å². The highest BCUT2D eigenvalue weighted by Crippen LogP contribution is 2.31. The van der Waals surface area contributed by atoms with Crippen molar-refractivity contribution in [2.45, 2.75) is 13.5 Å². The van der Waals surface area contributed by atoms with Gasteiger partial charge in [-0.15, -0.1) is 0 Å². The Labute approximate surface area is 123 Å². The third-order valence-electron chi connectivity index (χ3n) is 2.74. The number of aromatic nitrogens is 1. The summed E-state index contributed by atoms with van der Waals surface area (Å²) in [5.74, 6) is 2.21. The summed E-state index contributed by atoms with van der Waals surface area (Å²) < 4.78 is 11.0. The largest absolute Gasteiger partial charge is 0.493 e. The Morgan fingerprint density at radius 3 is 2.70 bits per heavy atom. The van der Waals surface area contributed by atoms with Gasteiger partial charge < -0.3 is 14.8 Å². The Balaban J connectivity index is 2.14. The van der Waals surface area contributed by atoms with Crippen LogP contribution in [-0.2, 0) is 6.54 Å². The first-order valence-electron chi connectivity index (χ1n) is 6.39. The Bertz CT molecular complexity index is 576. The minimum Gasteiger partial charge on any atom is -0.493 e. The van der Waals surface area contributed by atoms with Gasteiger partial charge in [0.2, 0.25) is 0 Å². The number of hydrogen-bond donors (Lipinski definition) is 1. The van der Waals surface area contributed by atoms with Crippen LogP contribution in [0.4, 0.5) is 5.82 Å². The van der Waals surface area contributed by atoms with Crippen LogP contribution in [0.1, 0.15) is 12.5 Å². The van der Waals surface area contributed by atoms with Crippen molar-refractivity contribution >= 4 is 17.4 Å². The predicted molar refractivity (Wildman–Crippen MR) is 80.7 cm³/mol. The minimum absolute atomic E-state index is 0.463. The first-order chi connectivity index (χ1) is 9.74. The molecule has 0 unspecified atom stereocenters. The number of benzene rings is 1. The van der Waals surface area contributed by atoms with Gasteiger partial charge in [0.05, 0.1) is 13.7 Å². The zero-order valence-corrected chi connectivity index (χ0v) is 12.3. The molecule has 1 heterocycles. The summed E-state index contributed by atoms with van der Waals surface area (Å²) in [7, 11) is 1.64. The number of pyridine rings is 1. The van der Waals surface area contributed by atoms with Gasteiger partial charge >= 0.3 is 0 Å². The number of halogens is 1. The molecule has 0 saturated carbocycles. The summed E-state index contributed by atoms with van der Waals surface area (Å²) in [6, 6.07) is 11.3. The first kappa shape index (κ1) is 14.5. The monoisotopic (exact) mass is 292 g/mol. The fraction of sp³-hybridized carbons (Fsp3) is 0.267. The molecule has 1 N–H and O–H groups in total. The van der Waals surface area contributed by atoms with E-state index in [4.69, 9.17) is 21.1 Å². The number of ether oxygens (including phenoxy) is 2. The maximum Gasteiger partial charge on any atom is 0.165 e. The van der Waals surface area contributed by atoms with E-state index in [0.717, 1.165) is 22.9 Å². The molecule has 0 fully saturated rings. The number of rotatable bonds is 6. The van der Waals surface area contributed by atoms with Crippen LogP contribution >= 0.6 is 11.6 Å². The van der Waals surface area contributed by atoms with E-state index in [9.17, 15) is 0 Å². The molecule has 0 atom stereocenters. The predicted octanol–water partition coefficient (Wildman–Crippen LogP) is 3.75. The summed E-state index contributed by atoms with van der Waals surface area (Å²) in [4.78, 5) is 4.18. The Hall–Kier alpha value is -1.94. The third-order valence-corrected chi connectivity index (χ3v) is 2.95. The molecular weight excluding hydrogens is 276 g/mol. The highest BCUT2D eigenvalue weighted by atomic mass is 35.5. The van der Waals surface area contributed by atoms with Crippen molar-refractivity contribution in [1.82, 2.24) is 4.98 Å². The van der Waals surface area contributed by atoms with Crippen molar-refractivity contribution in [3.63, 3.8) is 0 Å². The number of methoxy groups -OCH3 is 1. The molecule has 0 spiro atoms. The maximum atomic E-state index is 5.86. The molecule has 0 radical (unpaired) electrons. The second kappa shape index (κ2) is 7.01. The maximum absolute atomic E-state index is 5.86. The Morgan fingerprint density at radius 1 is 1.20 bits per heavy atom. The average Bonchev–Trinajstić information content (AvgIpc) is 2.45. The first-order valence-corrected chi connectivity index (χ1v) is 6.77. The standard InChI is InChI=1S/C15H17ClN2O2/c1-3-20-12-7-4-6-11(15(12)19-2)10-17-14-9-5-8-13(16)18-14/h4-9H,3,10H2,1-2H3,(H,17,18). The molecule has 2 aromatic rings. The van der Waals surface area contributed by atoms with Gasteiger partial charge in [0.25, 0.3) is 0 Å². The number of anilines is 1. The zero-order chi connectivity index (χ0) is 14.4. The van der Waals surface area contributed by atoms with Crippen LogP contribution in [0, 0.1) is 0 Å². The van der Waals surface area contributed by atoms with Crippen molar-refractivity contribution in [3.05, 3.63) is 47.1 Å². The van der Waals surface area contributed by atoms with E-state index in [2.05, 4.69) is 10.3 Å². The van der Waals surface area contributed by atoms with Crippen LogP contribution in [0.2, 0.25) is 5.15 Å². The van der Waals surface area contributed by atoms with Crippen LogP contribution in [-0.4, -0.2) is 18.7 Å². The molecule has 0 aliphatic heterocycles. The van der Waals surface area contributed by atoms with Gasteiger partial charge in [-0.2, -0.15) is 0 Å². The second-order valence-electron chi connectivity index (χ2n) is 4.08. The lowest BCUT2D eigenvalue weighted by molar-refractivity contribution is 0.309. The molecule has 0 aliphatic rings. The lowest BCUT2D eigenvalue weighted by Crippen LogP contribution is -2.04. The van der Waals surface area contributed by atoms with Crippen molar-refractivity contribution in [2.24, 2.45) is 0 Å². The van der Waals surface area contributed by atoms with E-state index >= 15 is 0 Å². The van der Waals surface area contributed by atoms with Crippen LogP contribution in [0.5, 0.6) is 11.5 Å². The molecule has 106 valence electrons. The molecule has 1 aromatic carbocycles. The minimum atomic E-state index is 0.463. The summed E-state index contributed by atoms with van der Waals surface area (Å²) in [5, 5.41) is 3.68. The van der Waals surface area contributed by atoms with Crippen LogP contribution in [0.3, 0.4) is 0 Å². The van der Waals surface area contributed by atoms with Crippen LogP contribution in [0.25, 0.3) is 0 Å². The number of para-hydroxylation sites is 1. The van der Waals surface area contributed by atoms with Gasteiger partial charge in [0.1, 0.15) is 11.0 Å². The summed E-state index contributed by atoms with van der Waals surface area (Å²) in [6.07, 6.45) is 0.